The number of aliphatic hydroxyl groups excluding tert-OH is 1. The van der Waals surface area contributed by atoms with Crippen molar-refractivity contribution in [3.63, 3.8) is 0 Å². The highest BCUT2D eigenvalue weighted by Crippen LogP contribution is 2.64. The molecule has 2 rings (SSSR count). The van der Waals surface area contributed by atoms with E-state index in [9.17, 15) is 0 Å². The second kappa shape index (κ2) is 6.06. The van der Waals surface area contributed by atoms with Gasteiger partial charge in [0.2, 0.25) is 0 Å². The van der Waals surface area contributed by atoms with Gasteiger partial charge in [-0.25, -0.2) is 0 Å². The van der Waals surface area contributed by atoms with E-state index < -0.39 is 0 Å². The van der Waals surface area contributed by atoms with Gasteiger partial charge in [-0.1, -0.05) is 27.4 Å². The zero-order chi connectivity index (χ0) is 12.1. The van der Waals surface area contributed by atoms with Crippen molar-refractivity contribution in [2.75, 3.05) is 7.11 Å². The van der Waals surface area contributed by atoms with Crippen molar-refractivity contribution in [2.24, 2.45) is 23.2 Å². The van der Waals surface area contributed by atoms with Gasteiger partial charge in [0.15, 0.2) is 0 Å². The van der Waals surface area contributed by atoms with Crippen LogP contribution in [0, 0.1) is 23.2 Å². The number of aliphatic hydroxyl groups is 1. The monoisotopic (exact) mass is 212 g/mol. The Bertz CT molecular complexity index is 199. The van der Waals surface area contributed by atoms with E-state index in [1.165, 1.54) is 18.9 Å². The minimum absolute atomic E-state index is 0.639. The maximum absolute atomic E-state index is 9.06. The molecule has 0 aromatic carbocycles. The molecular weight excluding hydrogens is 188 g/mol. The first-order valence-corrected chi connectivity index (χ1v) is 5.54. The van der Waals surface area contributed by atoms with Crippen molar-refractivity contribution in [3.8, 4) is 0 Å². The lowest BCUT2D eigenvalue weighted by atomic mass is 9.42. The molecule has 0 aromatic heterocycles. The molecule has 2 aliphatic carbocycles. The van der Waals surface area contributed by atoms with Crippen LogP contribution in [0.3, 0.4) is 0 Å². The highest BCUT2D eigenvalue weighted by atomic mass is 16.2. The fraction of sp³-hybridized carbons (Fsp3) is 0.769. The van der Waals surface area contributed by atoms with Gasteiger partial charge in [0, 0.05) is 7.11 Å². The molecule has 15 heavy (non-hydrogen) atoms. The molecule has 1 N–H and O–H groups in total. The molecule has 0 amide bonds. The molecule has 2 unspecified atom stereocenters. The number of carbonyl (C=O) groups is 1. The van der Waals surface area contributed by atoms with E-state index >= 15 is 0 Å². The summed E-state index contributed by atoms with van der Waals surface area (Å²) in [5.41, 5.74) is 0.711. The third-order valence-electron chi connectivity index (χ3n) is 3.58. The first kappa shape index (κ1) is 14.4. The lowest BCUT2D eigenvalue weighted by Gasteiger charge is -2.63. The third kappa shape index (κ3) is 3.16. The topological polar surface area (TPSA) is 37.3 Å². The second-order valence-corrected chi connectivity index (χ2v) is 5.06. The Kier molecular flexibility index (Phi) is 5.81. The number of aldehydes is 1. The predicted molar refractivity (Wildman–Crippen MR) is 63.6 cm³/mol. The molecule has 2 heteroatoms. The van der Waals surface area contributed by atoms with E-state index in [0.717, 1.165) is 24.9 Å². The van der Waals surface area contributed by atoms with Gasteiger partial charge >= 0.3 is 0 Å². The lowest BCUT2D eigenvalue weighted by molar-refractivity contribution is -0.137. The van der Waals surface area contributed by atoms with Crippen LogP contribution in [0.5, 0.6) is 0 Å². The van der Waals surface area contributed by atoms with Crippen LogP contribution in [0.25, 0.3) is 0 Å². The van der Waals surface area contributed by atoms with E-state index in [1.54, 1.807) is 0 Å². The molecule has 0 aliphatic heterocycles. The summed E-state index contributed by atoms with van der Waals surface area (Å²) in [4.78, 5) is 9.06. The Morgan fingerprint density at radius 3 is 2.00 bits per heavy atom. The fourth-order valence-corrected chi connectivity index (χ4v) is 3.31. The summed E-state index contributed by atoms with van der Waals surface area (Å²) in [5, 5.41) is 7.00. The first-order chi connectivity index (χ1) is 7.03. The molecule has 3 atom stereocenters. The normalized spacial score (nSPS) is 33.5. The fourth-order valence-electron chi connectivity index (χ4n) is 3.31. The Balaban J connectivity index is 0.000000282. The zero-order valence-corrected chi connectivity index (χ0v) is 10.4. The largest absolute Gasteiger partial charge is 0.400 e. The van der Waals surface area contributed by atoms with Crippen molar-refractivity contribution < 1.29 is 9.90 Å². The van der Waals surface area contributed by atoms with E-state index in [0.29, 0.717) is 11.7 Å². The second-order valence-electron chi connectivity index (χ2n) is 5.06. The minimum atomic E-state index is 0.639. The molecular formula is C13H24O2. The maximum atomic E-state index is 9.06. The summed E-state index contributed by atoms with van der Waals surface area (Å²) in [5.74, 6) is 3.27. The Morgan fingerprint density at radius 2 is 1.87 bits per heavy atom. The molecule has 0 heterocycles. The van der Waals surface area contributed by atoms with Crippen LogP contribution in [0.1, 0.15) is 33.6 Å². The average molecular weight is 212 g/mol. The highest BCUT2D eigenvalue weighted by Gasteiger charge is 2.56. The quantitative estimate of drug-likeness (QED) is 0.536. The Morgan fingerprint density at radius 1 is 1.40 bits per heavy atom. The Labute approximate surface area is 93.4 Å². The van der Waals surface area contributed by atoms with Crippen molar-refractivity contribution in [2.45, 2.75) is 33.6 Å². The van der Waals surface area contributed by atoms with Crippen LogP contribution in [0.2, 0.25) is 0 Å². The summed E-state index contributed by atoms with van der Waals surface area (Å²) in [6, 6.07) is 0. The molecule has 2 nitrogen and oxygen atoms in total. The number of allylic oxidation sites excluding steroid dienone is 1. The van der Waals surface area contributed by atoms with Gasteiger partial charge in [-0.2, -0.15) is 0 Å². The number of carbonyl (C=O) groups excluding carboxylic acids is 1. The van der Waals surface area contributed by atoms with E-state index in [2.05, 4.69) is 27.4 Å². The van der Waals surface area contributed by atoms with Crippen LogP contribution in [0.4, 0.5) is 0 Å². The number of hydrogen-bond donors (Lipinski definition) is 1. The standard InChI is InChI=1S/C9H16.C3H4O.CH4O/c1-6-4-7-5-9(2,3)8(6)7;1-2-3-4;1-2/h6-8H,4-5H2,1-3H3;2-3H,1H2;2H,1H3/t6?,7?,8-;;/m0../s1. The molecule has 0 spiro atoms. The maximum Gasteiger partial charge on any atom is 0.142 e. The van der Waals surface area contributed by atoms with E-state index in [1.807, 2.05) is 0 Å². The molecule has 0 saturated heterocycles. The third-order valence-corrected chi connectivity index (χ3v) is 3.58. The zero-order valence-electron chi connectivity index (χ0n) is 10.4. The molecule has 0 radical (unpaired) electrons. The van der Waals surface area contributed by atoms with Crippen LogP contribution in [-0.4, -0.2) is 18.5 Å². The van der Waals surface area contributed by atoms with Gasteiger partial charge in [-0.3, -0.25) is 4.79 Å². The van der Waals surface area contributed by atoms with Gasteiger partial charge in [0.1, 0.15) is 6.29 Å². The van der Waals surface area contributed by atoms with Crippen LogP contribution >= 0.6 is 0 Å². The highest BCUT2D eigenvalue weighted by molar-refractivity contribution is 5.63. The van der Waals surface area contributed by atoms with Crippen molar-refractivity contribution in [1.82, 2.24) is 0 Å². The SMILES string of the molecule is C=CC=O.CC1CC2CC(C)(C)[C@@H]12.CO. The smallest absolute Gasteiger partial charge is 0.142 e. The van der Waals surface area contributed by atoms with Crippen molar-refractivity contribution >= 4 is 6.29 Å². The summed E-state index contributed by atoms with van der Waals surface area (Å²) >= 11 is 0. The average Bonchev–Trinajstić information content (AvgIpc) is 2.18. The van der Waals surface area contributed by atoms with E-state index in [4.69, 9.17) is 9.90 Å². The predicted octanol–water partition coefficient (Wildman–Crippen LogP) is 2.67. The summed E-state index contributed by atoms with van der Waals surface area (Å²) in [7, 11) is 1.00. The van der Waals surface area contributed by atoms with Crippen LogP contribution < -0.4 is 0 Å². The molecule has 0 aromatic rings. The number of fused-ring (bicyclic) bond motifs is 1. The lowest BCUT2D eigenvalue weighted by Crippen LogP contribution is -2.55. The molecule has 2 saturated carbocycles. The van der Waals surface area contributed by atoms with Crippen LogP contribution in [0.15, 0.2) is 12.7 Å². The molecule has 2 aliphatic rings. The summed E-state index contributed by atoms with van der Waals surface area (Å²) in [6.07, 6.45) is 4.86. The number of rotatable bonds is 1. The van der Waals surface area contributed by atoms with Gasteiger partial charge in [-0.05, 0) is 42.1 Å². The number of hydrogen-bond acceptors (Lipinski definition) is 2. The van der Waals surface area contributed by atoms with Crippen molar-refractivity contribution in [3.05, 3.63) is 12.7 Å². The Hall–Kier alpha value is -0.630. The van der Waals surface area contributed by atoms with Gasteiger partial charge in [-0.15, -0.1) is 0 Å². The van der Waals surface area contributed by atoms with Crippen LogP contribution in [-0.2, 0) is 4.79 Å². The molecule has 0 bridgehead atoms. The molecule has 2 fully saturated rings. The minimum Gasteiger partial charge on any atom is -0.400 e. The summed E-state index contributed by atoms with van der Waals surface area (Å²) < 4.78 is 0. The summed E-state index contributed by atoms with van der Waals surface area (Å²) in [6.45, 7) is 10.4. The van der Waals surface area contributed by atoms with E-state index in [-0.39, 0.29) is 0 Å². The molecule has 88 valence electrons. The van der Waals surface area contributed by atoms with Gasteiger partial charge < -0.3 is 5.11 Å². The van der Waals surface area contributed by atoms with Gasteiger partial charge in [0.05, 0.1) is 0 Å². The van der Waals surface area contributed by atoms with Gasteiger partial charge in [0.25, 0.3) is 0 Å². The first-order valence-electron chi connectivity index (χ1n) is 5.54. The van der Waals surface area contributed by atoms with Crippen molar-refractivity contribution in [1.29, 1.82) is 0 Å².